The average Bonchev–Trinajstić information content (AvgIpc) is 2.71. The zero-order valence-corrected chi connectivity index (χ0v) is 11.4. The number of nitrogens with one attached hydrogen (secondary N) is 2. The van der Waals surface area contributed by atoms with Gasteiger partial charge in [0, 0.05) is 24.2 Å². The van der Waals surface area contributed by atoms with E-state index in [0.29, 0.717) is 0 Å². The molecule has 1 atom stereocenters. The predicted molar refractivity (Wildman–Crippen MR) is 70.1 cm³/mol. The fourth-order valence-corrected chi connectivity index (χ4v) is 2.43. The van der Waals surface area contributed by atoms with Gasteiger partial charge in [-0.3, -0.25) is 9.48 Å². The third-order valence-electron chi connectivity index (χ3n) is 3.81. The molecule has 1 saturated heterocycles. The monoisotopic (exact) mass is 250 g/mol. The zero-order chi connectivity index (χ0) is 13.1. The summed E-state index contributed by atoms with van der Waals surface area (Å²) in [5, 5.41) is 10.6. The van der Waals surface area contributed by atoms with Crippen molar-refractivity contribution in [2.45, 2.75) is 32.7 Å². The van der Waals surface area contributed by atoms with Gasteiger partial charge in [-0.1, -0.05) is 0 Å². The summed E-state index contributed by atoms with van der Waals surface area (Å²) in [4.78, 5) is 12.1. The van der Waals surface area contributed by atoms with Gasteiger partial charge in [0.15, 0.2) is 0 Å². The van der Waals surface area contributed by atoms with Gasteiger partial charge in [-0.25, -0.2) is 0 Å². The minimum absolute atomic E-state index is 0.0288. The molecule has 0 aliphatic carbocycles. The van der Waals surface area contributed by atoms with Crippen LogP contribution in [0.2, 0.25) is 0 Å². The standard InChI is InChI=1S/C13H22N4O/c1-9(12-8-15-17(3)10(12)2)16-13(18)11-4-6-14-7-5-11/h8-9,11,14H,4-7H2,1-3H3,(H,16,18). The Hall–Kier alpha value is -1.36. The van der Waals surface area contributed by atoms with Crippen LogP contribution in [-0.2, 0) is 11.8 Å². The molecule has 2 rings (SSSR count). The largest absolute Gasteiger partial charge is 0.349 e. The molecule has 1 fully saturated rings. The van der Waals surface area contributed by atoms with E-state index in [2.05, 4.69) is 15.7 Å². The molecule has 1 amide bonds. The van der Waals surface area contributed by atoms with Gasteiger partial charge < -0.3 is 10.6 Å². The van der Waals surface area contributed by atoms with Crippen LogP contribution in [0.1, 0.15) is 37.1 Å². The van der Waals surface area contributed by atoms with Crippen LogP contribution in [-0.4, -0.2) is 28.8 Å². The highest BCUT2D eigenvalue weighted by Crippen LogP contribution is 2.18. The number of rotatable bonds is 3. The molecule has 1 aliphatic rings. The predicted octanol–water partition coefficient (Wildman–Crippen LogP) is 0.905. The number of aromatic nitrogens is 2. The number of amides is 1. The highest BCUT2D eigenvalue weighted by molar-refractivity contribution is 5.79. The van der Waals surface area contributed by atoms with E-state index in [1.807, 2.05) is 31.8 Å². The van der Waals surface area contributed by atoms with E-state index in [9.17, 15) is 4.79 Å². The topological polar surface area (TPSA) is 59.0 Å². The Labute approximate surface area is 108 Å². The van der Waals surface area contributed by atoms with Crippen LogP contribution in [0.5, 0.6) is 0 Å². The van der Waals surface area contributed by atoms with Gasteiger partial charge >= 0.3 is 0 Å². The van der Waals surface area contributed by atoms with Crippen LogP contribution in [0.25, 0.3) is 0 Å². The molecular weight excluding hydrogens is 228 g/mol. The molecule has 100 valence electrons. The van der Waals surface area contributed by atoms with E-state index in [1.54, 1.807) is 0 Å². The molecule has 0 aromatic carbocycles. The van der Waals surface area contributed by atoms with Crippen molar-refractivity contribution in [2.24, 2.45) is 13.0 Å². The molecule has 1 aromatic heterocycles. The molecule has 5 heteroatoms. The Morgan fingerprint density at radius 3 is 2.78 bits per heavy atom. The summed E-state index contributed by atoms with van der Waals surface area (Å²) >= 11 is 0. The summed E-state index contributed by atoms with van der Waals surface area (Å²) in [5.74, 6) is 0.331. The van der Waals surface area contributed by atoms with Crippen LogP contribution in [0.4, 0.5) is 0 Å². The van der Waals surface area contributed by atoms with Crippen molar-refractivity contribution in [3.05, 3.63) is 17.5 Å². The van der Waals surface area contributed by atoms with Gasteiger partial charge in [-0.05, 0) is 39.8 Å². The van der Waals surface area contributed by atoms with Crippen LogP contribution in [0, 0.1) is 12.8 Å². The highest BCUT2D eigenvalue weighted by Gasteiger charge is 2.23. The third kappa shape index (κ3) is 2.72. The summed E-state index contributed by atoms with van der Waals surface area (Å²) in [5.41, 5.74) is 2.20. The maximum absolute atomic E-state index is 12.1. The first-order chi connectivity index (χ1) is 8.59. The third-order valence-corrected chi connectivity index (χ3v) is 3.81. The van der Waals surface area contributed by atoms with E-state index >= 15 is 0 Å². The van der Waals surface area contributed by atoms with Crippen LogP contribution in [0.3, 0.4) is 0 Å². The summed E-state index contributed by atoms with van der Waals surface area (Å²) in [6.45, 7) is 5.93. The number of carbonyl (C=O) groups is 1. The molecule has 18 heavy (non-hydrogen) atoms. The van der Waals surface area contributed by atoms with Crippen LogP contribution >= 0.6 is 0 Å². The van der Waals surface area contributed by atoms with Gasteiger partial charge in [0.25, 0.3) is 0 Å². The van der Waals surface area contributed by atoms with E-state index in [4.69, 9.17) is 0 Å². The quantitative estimate of drug-likeness (QED) is 0.838. The first-order valence-electron chi connectivity index (χ1n) is 6.59. The second-order valence-corrected chi connectivity index (χ2v) is 5.06. The molecule has 2 heterocycles. The van der Waals surface area contributed by atoms with Crippen molar-refractivity contribution in [3.63, 3.8) is 0 Å². The lowest BCUT2D eigenvalue weighted by Gasteiger charge is -2.24. The fraction of sp³-hybridized carbons (Fsp3) is 0.692. The maximum atomic E-state index is 12.1. The molecule has 0 radical (unpaired) electrons. The number of hydrogen-bond acceptors (Lipinski definition) is 3. The highest BCUT2D eigenvalue weighted by atomic mass is 16.1. The normalized spacial score (nSPS) is 18.6. The zero-order valence-electron chi connectivity index (χ0n) is 11.4. The summed E-state index contributed by atoms with van der Waals surface area (Å²) < 4.78 is 1.84. The van der Waals surface area contributed by atoms with Gasteiger partial charge in [-0.2, -0.15) is 5.10 Å². The van der Waals surface area contributed by atoms with Crippen LogP contribution in [0.15, 0.2) is 6.20 Å². The molecule has 1 aliphatic heterocycles. The molecule has 0 bridgehead atoms. The lowest BCUT2D eigenvalue weighted by Crippen LogP contribution is -2.39. The van der Waals surface area contributed by atoms with E-state index in [0.717, 1.165) is 37.2 Å². The summed E-state index contributed by atoms with van der Waals surface area (Å²) in [6.07, 6.45) is 3.71. The van der Waals surface area contributed by atoms with Crippen molar-refractivity contribution >= 4 is 5.91 Å². The second kappa shape index (κ2) is 5.52. The molecule has 0 saturated carbocycles. The van der Waals surface area contributed by atoms with Gasteiger partial charge in [0.1, 0.15) is 0 Å². The molecule has 1 aromatic rings. The SMILES string of the molecule is Cc1c(C(C)NC(=O)C2CCNCC2)cnn1C. The first kappa shape index (κ1) is 13.1. The van der Waals surface area contributed by atoms with Crippen molar-refractivity contribution in [1.29, 1.82) is 0 Å². The minimum Gasteiger partial charge on any atom is -0.349 e. The van der Waals surface area contributed by atoms with Crippen molar-refractivity contribution in [1.82, 2.24) is 20.4 Å². The molecule has 2 N–H and O–H groups in total. The van der Waals surface area contributed by atoms with E-state index in [1.165, 1.54) is 0 Å². The summed E-state index contributed by atoms with van der Waals surface area (Å²) in [6, 6.07) is 0.0288. The number of carbonyl (C=O) groups excluding carboxylic acids is 1. The Morgan fingerprint density at radius 2 is 2.22 bits per heavy atom. The Bertz CT molecular complexity index is 421. The number of nitrogens with zero attached hydrogens (tertiary/aromatic N) is 2. The summed E-state index contributed by atoms with van der Waals surface area (Å²) in [7, 11) is 1.92. The molecular formula is C13H22N4O. The Morgan fingerprint density at radius 1 is 1.56 bits per heavy atom. The van der Waals surface area contributed by atoms with Crippen molar-refractivity contribution in [3.8, 4) is 0 Å². The number of hydrogen-bond donors (Lipinski definition) is 2. The Balaban J connectivity index is 1.96. The van der Waals surface area contributed by atoms with Crippen LogP contribution < -0.4 is 10.6 Å². The lowest BCUT2D eigenvalue weighted by atomic mass is 9.96. The number of piperidine rings is 1. The lowest BCUT2D eigenvalue weighted by molar-refractivity contribution is -0.126. The van der Waals surface area contributed by atoms with E-state index in [-0.39, 0.29) is 17.9 Å². The van der Waals surface area contributed by atoms with Gasteiger partial charge in [0.2, 0.25) is 5.91 Å². The molecule has 1 unspecified atom stereocenters. The maximum Gasteiger partial charge on any atom is 0.223 e. The first-order valence-corrected chi connectivity index (χ1v) is 6.59. The second-order valence-electron chi connectivity index (χ2n) is 5.06. The van der Waals surface area contributed by atoms with Gasteiger partial charge in [0.05, 0.1) is 12.2 Å². The smallest absolute Gasteiger partial charge is 0.223 e. The fourth-order valence-electron chi connectivity index (χ4n) is 2.43. The molecule has 0 spiro atoms. The van der Waals surface area contributed by atoms with Crippen molar-refractivity contribution < 1.29 is 4.79 Å². The van der Waals surface area contributed by atoms with Gasteiger partial charge in [-0.15, -0.1) is 0 Å². The van der Waals surface area contributed by atoms with Crippen molar-refractivity contribution in [2.75, 3.05) is 13.1 Å². The Kier molecular flexibility index (Phi) is 4.01. The minimum atomic E-state index is 0.0288. The molecule has 5 nitrogen and oxygen atoms in total. The number of aryl methyl sites for hydroxylation is 1. The van der Waals surface area contributed by atoms with E-state index < -0.39 is 0 Å². The average molecular weight is 250 g/mol.